The highest BCUT2D eigenvalue weighted by Crippen LogP contribution is 2.11. The Morgan fingerprint density at radius 1 is 1.56 bits per heavy atom. The van der Waals surface area contributed by atoms with E-state index in [2.05, 4.69) is 9.71 Å². The van der Waals surface area contributed by atoms with Crippen molar-refractivity contribution in [3.63, 3.8) is 0 Å². The Kier molecular flexibility index (Phi) is 4.49. The summed E-state index contributed by atoms with van der Waals surface area (Å²) in [5.41, 5.74) is -0.157. The third kappa shape index (κ3) is 3.83. The number of hydrogen-bond donors (Lipinski definition) is 3. The number of carboxylic acid groups (broad SMARTS) is 1. The first-order valence-corrected chi connectivity index (χ1v) is 6.79. The molecule has 0 aromatic carbocycles. The van der Waals surface area contributed by atoms with Gasteiger partial charge in [0.2, 0.25) is 10.0 Å². The van der Waals surface area contributed by atoms with Crippen molar-refractivity contribution in [2.24, 2.45) is 0 Å². The van der Waals surface area contributed by atoms with E-state index in [0.717, 1.165) is 12.3 Å². The molecule has 1 heterocycles. The zero-order valence-electron chi connectivity index (χ0n) is 10.5. The molecule has 0 aliphatic carbocycles. The molecule has 0 saturated carbocycles. The van der Waals surface area contributed by atoms with Crippen LogP contribution in [0.1, 0.15) is 17.4 Å². The molecule has 1 aromatic heterocycles. The molecule has 0 bridgehead atoms. The fourth-order valence-corrected chi connectivity index (χ4v) is 2.80. The first-order chi connectivity index (χ1) is 8.22. The van der Waals surface area contributed by atoms with Crippen LogP contribution in [0, 0.1) is 0 Å². The summed E-state index contributed by atoms with van der Waals surface area (Å²) >= 11 is 0. The molecule has 1 rings (SSSR count). The van der Waals surface area contributed by atoms with Crippen molar-refractivity contribution in [2.75, 3.05) is 20.6 Å². The van der Waals surface area contributed by atoms with Gasteiger partial charge in [0.25, 0.3) is 0 Å². The van der Waals surface area contributed by atoms with Crippen LogP contribution in [0.25, 0.3) is 0 Å². The summed E-state index contributed by atoms with van der Waals surface area (Å²) in [4.78, 5) is 14.8. The van der Waals surface area contributed by atoms with E-state index in [-0.39, 0.29) is 16.6 Å². The van der Waals surface area contributed by atoms with Crippen LogP contribution in [-0.2, 0) is 10.0 Å². The SMILES string of the molecule is CC(CN(C)C)NS(=O)(=O)c1c[nH]c(C(=O)O)c1. The lowest BCUT2D eigenvalue weighted by Gasteiger charge is -2.17. The van der Waals surface area contributed by atoms with Gasteiger partial charge < -0.3 is 15.0 Å². The Morgan fingerprint density at radius 2 is 2.17 bits per heavy atom. The predicted molar refractivity (Wildman–Crippen MR) is 66.1 cm³/mol. The third-order valence-electron chi connectivity index (χ3n) is 2.19. The Balaban J connectivity index is 2.82. The minimum Gasteiger partial charge on any atom is -0.477 e. The maximum atomic E-state index is 11.9. The molecule has 0 aliphatic heterocycles. The lowest BCUT2D eigenvalue weighted by molar-refractivity contribution is 0.0691. The lowest BCUT2D eigenvalue weighted by atomic mass is 10.3. The Bertz CT molecular complexity index is 521. The minimum atomic E-state index is -3.69. The topological polar surface area (TPSA) is 103 Å². The number of aromatic nitrogens is 1. The molecule has 0 spiro atoms. The van der Waals surface area contributed by atoms with Gasteiger partial charge in [-0.2, -0.15) is 0 Å². The van der Waals surface area contributed by atoms with Crippen molar-refractivity contribution >= 4 is 16.0 Å². The van der Waals surface area contributed by atoms with Crippen LogP contribution in [0.3, 0.4) is 0 Å². The zero-order chi connectivity index (χ0) is 13.9. The van der Waals surface area contributed by atoms with E-state index in [1.165, 1.54) is 0 Å². The first-order valence-electron chi connectivity index (χ1n) is 5.31. The van der Waals surface area contributed by atoms with Gasteiger partial charge >= 0.3 is 5.97 Å². The Labute approximate surface area is 106 Å². The molecule has 3 N–H and O–H groups in total. The first kappa shape index (κ1) is 14.7. The second-order valence-electron chi connectivity index (χ2n) is 4.34. The Hall–Kier alpha value is -1.38. The number of nitrogens with zero attached hydrogens (tertiary/aromatic N) is 1. The highest BCUT2D eigenvalue weighted by atomic mass is 32.2. The number of rotatable bonds is 6. The van der Waals surface area contributed by atoms with E-state index in [4.69, 9.17) is 5.11 Å². The predicted octanol–water partition coefficient (Wildman–Crippen LogP) is -0.0587. The number of aromatic amines is 1. The summed E-state index contributed by atoms with van der Waals surface area (Å²) in [6.07, 6.45) is 1.16. The molecule has 1 atom stereocenters. The molecule has 0 amide bonds. The van der Waals surface area contributed by atoms with Crippen LogP contribution in [0.15, 0.2) is 17.2 Å². The van der Waals surface area contributed by atoms with E-state index in [1.807, 2.05) is 19.0 Å². The van der Waals surface area contributed by atoms with Crippen LogP contribution < -0.4 is 4.72 Å². The van der Waals surface area contributed by atoms with Crippen molar-refractivity contribution in [1.29, 1.82) is 0 Å². The summed E-state index contributed by atoms with van der Waals surface area (Å²) in [5.74, 6) is -1.20. The number of hydrogen-bond acceptors (Lipinski definition) is 4. The van der Waals surface area contributed by atoms with Gasteiger partial charge in [-0.25, -0.2) is 17.9 Å². The van der Waals surface area contributed by atoms with Gasteiger partial charge in [-0.05, 0) is 27.1 Å². The molecule has 0 radical (unpaired) electrons. The summed E-state index contributed by atoms with van der Waals surface area (Å²) in [7, 11) is -0.0152. The number of aromatic carboxylic acids is 1. The van der Waals surface area contributed by atoms with E-state index < -0.39 is 16.0 Å². The number of carboxylic acids is 1. The second-order valence-corrected chi connectivity index (χ2v) is 6.05. The highest BCUT2D eigenvalue weighted by molar-refractivity contribution is 7.89. The normalized spacial score (nSPS) is 13.8. The average molecular weight is 275 g/mol. The lowest BCUT2D eigenvalue weighted by Crippen LogP contribution is -2.39. The summed E-state index contributed by atoms with van der Waals surface area (Å²) in [5, 5.41) is 8.71. The second kappa shape index (κ2) is 5.51. The van der Waals surface area contributed by atoms with Gasteiger partial charge in [-0.3, -0.25) is 0 Å². The molecule has 1 aromatic rings. The maximum absolute atomic E-state index is 11.9. The van der Waals surface area contributed by atoms with Crippen LogP contribution in [0.4, 0.5) is 0 Å². The van der Waals surface area contributed by atoms with Crippen molar-refractivity contribution in [2.45, 2.75) is 17.9 Å². The van der Waals surface area contributed by atoms with Gasteiger partial charge in [0.1, 0.15) is 10.6 Å². The summed E-state index contributed by atoms with van der Waals surface area (Å²) < 4.78 is 26.3. The molecule has 0 fully saturated rings. The molecule has 0 aliphatic rings. The number of carbonyl (C=O) groups is 1. The zero-order valence-corrected chi connectivity index (χ0v) is 11.3. The quantitative estimate of drug-likeness (QED) is 0.675. The fraction of sp³-hybridized carbons (Fsp3) is 0.500. The molecule has 0 saturated heterocycles. The molecule has 8 heteroatoms. The molecular weight excluding hydrogens is 258 g/mol. The van der Waals surface area contributed by atoms with Crippen LogP contribution >= 0.6 is 0 Å². The number of likely N-dealkylation sites (N-methyl/N-ethyl adjacent to an activating group) is 1. The molecular formula is C10H17N3O4S. The van der Waals surface area contributed by atoms with Gasteiger partial charge in [-0.1, -0.05) is 0 Å². The average Bonchev–Trinajstić information content (AvgIpc) is 2.63. The Morgan fingerprint density at radius 3 is 2.61 bits per heavy atom. The van der Waals surface area contributed by atoms with E-state index in [9.17, 15) is 13.2 Å². The maximum Gasteiger partial charge on any atom is 0.352 e. The fourth-order valence-electron chi connectivity index (χ4n) is 1.57. The number of sulfonamides is 1. The van der Waals surface area contributed by atoms with E-state index >= 15 is 0 Å². The third-order valence-corrected chi connectivity index (χ3v) is 3.76. The van der Waals surface area contributed by atoms with E-state index in [0.29, 0.717) is 6.54 Å². The van der Waals surface area contributed by atoms with Crippen LogP contribution in [-0.4, -0.2) is 56.1 Å². The molecule has 18 heavy (non-hydrogen) atoms. The molecule has 102 valence electrons. The molecule has 1 unspecified atom stereocenters. The largest absolute Gasteiger partial charge is 0.477 e. The van der Waals surface area contributed by atoms with Gasteiger partial charge in [0.05, 0.1) is 0 Å². The smallest absolute Gasteiger partial charge is 0.352 e. The van der Waals surface area contributed by atoms with Crippen molar-refractivity contribution in [3.8, 4) is 0 Å². The van der Waals surface area contributed by atoms with Gasteiger partial charge in [-0.15, -0.1) is 0 Å². The summed E-state index contributed by atoms with van der Waals surface area (Å²) in [6, 6.07) is 0.820. The highest BCUT2D eigenvalue weighted by Gasteiger charge is 2.20. The summed E-state index contributed by atoms with van der Waals surface area (Å²) in [6.45, 7) is 2.29. The van der Waals surface area contributed by atoms with E-state index in [1.54, 1.807) is 6.92 Å². The standard InChI is InChI=1S/C10H17N3O4S/c1-7(6-13(2)3)12-18(16,17)8-4-9(10(14)15)11-5-8/h4-5,7,11-12H,6H2,1-3H3,(H,14,15). The number of H-pyrrole nitrogens is 1. The monoisotopic (exact) mass is 275 g/mol. The van der Waals surface area contributed by atoms with Gasteiger partial charge in [0.15, 0.2) is 0 Å². The number of nitrogens with one attached hydrogen (secondary N) is 2. The van der Waals surface area contributed by atoms with Gasteiger partial charge in [0, 0.05) is 18.8 Å². The van der Waals surface area contributed by atoms with Crippen LogP contribution in [0.2, 0.25) is 0 Å². The van der Waals surface area contributed by atoms with Crippen molar-refractivity contribution < 1.29 is 18.3 Å². The van der Waals surface area contributed by atoms with Crippen molar-refractivity contribution in [3.05, 3.63) is 18.0 Å². The molecule has 7 nitrogen and oxygen atoms in total. The minimum absolute atomic E-state index is 0.0782. The van der Waals surface area contributed by atoms with Crippen molar-refractivity contribution in [1.82, 2.24) is 14.6 Å². The van der Waals surface area contributed by atoms with Crippen LogP contribution in [0.5, 0.6) is 0 Å².